The maximum atomic E-state index is 12.5. The number of primary amides is 1. The number of ether oxygens (including phenoxy) is 2. The third-order valence-corrected chi connectivity index (χ3v) is 10.5. The van der Waals surface area contributed by atoms with Crippen LogP contribution in [0.3, 0.4) is 0 Å². The zero-order valence-electron chi connectivity index (χ0n) is 25.1. The van der Waals surface area contributed by atoms with Crippen LogP contribution in [0.25, 0.3) is 22.0 Å². The van der Waals surface area contributed by atoms with Crippen molar-refractivity contribution in [1.82, 2.24) is 15.0 Å². The number of hydrogen-bond acceptors (Lipinski definition) is 15. The number of hydrogen-bond donors (Lipinski definition) is 6. The molecule has 49 heavy (non-hydrogen) atoms. The summed E-state index contributed by atoms with van der Waals surface area (Å²) in [7, 11) is -11.1. The van der Waals surface area contributed by atoms with Gasteiger partial charge in [0.2, 0.25) is 0 Å². The van der Waals surface area contributed by atoms with Gasteiger partial charge in [-0.15, -0.1) is 5.10 Å². The first-order valence-corrected chi connectivity index (χ1v) is 17.6. The standard InChI is InChI=1S/C28H31N5O14P2/c29-26(38)16-7-4-10-32(11-16)27-24(36)22(34)20(45-27)13-43-48(39,40)47-49(41,42)44-14-21-23(35)25(37)28(46-21)33-12-19(30-31-33)18-9-3-6-15-5-1-2-8-17(15)18/h1-12,20-25,27-28,34-37H,13-14H2,(H3-,29,38,39,40,41,42)/t20-,21+,22-,23+,24-,25+,27-,28+/m1/s1. The molecule has 6 rings (SSSR count). The van der Waals surface area contributed by atoms with Gasteiger partial charge in [-0.05, 0) is 16.8 Å². The van der Waals surface area contributed by atoms with Gasteiger partial charge in [0.15, 0.2) is 24.7 Å². The normalized spacial score (nSPS) is 29.5. The number of benzene rings is 2. The molecule has 262 valence electrons. The van der Waals surface area contributed by atoms with E-state index in [-0.39, 0.29) is 5.56 Å². The molecule has 21 heteroatoms. The summed E-state index contributed by atoms with van der Waals surface area (Å²) in [4.78, 5) is 33.9. The number of nitrogens with zero attached hydrogens (tertiary/aromatic N) is 4. The van der Waals surface area contributed by atoms with Crippen LogP contribution in [0.2, 0.25) is 0 Å². The van der Waals surface area contributed by atoms with Crippen LogP contribution in [0.15, 0.2) is 73.2 Å². The van der Waals surface area contributed by atoms with Crippen molar-refractivity contribution in [2.75, 3.05) is 13.2 Å². The van der Waals surface area contributed by atoms with Crippen molar-refractivity contribution in [2.24, 2.45) is 5.73 Å². The van der Waals surface area contributed by atoms with Crippen molar-refractivity contribution in [3.05, 3.63) is 78.8 Å². The van der Waals surface area contributed by atoms with E-state index in [4.69, 9.17) is 19.7 Å². The van der Waals surface area contributed by atoms with E-state index in [1.807, 2.05) is 42.5 Å². The number of aliphatic hydroxyl groups is 4. The van der Waals surface area contributed by atoms with Gasteiger partial charge in [0, 0.05) is 11.6 Å². The van der Waals surface area contributed by atoms with Gasteiger partial charge in [0.05, 0.1) is 19.4 Å². The summed E-state index contributed by atoms with van der Waals surface area (Å²) in [5.41, 5.74) is 6.51. The number of amides is 1. The molecular weight excluding hydrogens is 692 g/mol. The van der Waals surface area contributed by atoms with Gasteiger partial charge in [-0.3, -0.25) is 13.9 Å². The molecular formula is C28H31N5O14P2. The van der Waals surface area contributed by atoms with E-state index < -0.39 is 83.8 Å². The highest BCUT2D eigenvalue weighted by atomic mass is 31.3. The number of rotatable bonds is 12. The summed E-state index contributed by atoms with van der Waals surface area (Å²) in [6.45, 7) is -1.87. The van der Waals surface area contributed by atoms with Gasteiger partial charge >= 0.3 is 7.82 Å². The minimum absolute atomic E-state index is 0.0635. The fourth-order valence-electron chi connectivity index (χ4n) is 5.47. The Hall–Kier alpha value is -3.52. The molecule has 19 nitrogen and oxygen atoms in total. The van der Waals surface area contributed by atoms with Crippen molar-refractivity contribution >= 4 is 32.3 Å². The topological polar surface area (TPSA) is 282 Å². The first-order chi connectivity index (χ1) is 23.2. The van der Waals surface area contributed by atoms with Crippen molar-refractivity contribution < 1.29 is 71.5 Å². The molecule has 2 aromatic carbocycles. The van der Waals surface area contributed by atoms with Gasteiger partial charge in [-0.25, -0.2) is 13.6 Å². The molecule has 0 saturated carbocycles. The van der Waals surface area contributed by atoms with Gasteiger partial charge in [-0.2, -0.15) is 4.57 Å². The zero-order chi connectivity index (χ0) is 35.1. The number of aromatic nitrogens is 4. The van der Waals surface area contributed by atoms with Crippen LogP contribution in [0.4, 0.5) is 0 Å². The molecule has 2 unspecified atom stereocenters. The summed E-state index contributed by atoms with van der Waals surface area (Å²) < 4.78 is 51.9. The monoisotopic (exact) mass is 723 g/mol. The van der Waals surface area contributed by atoms with E-state index in [1.54, 1.807) is 0 Å². The number of fused-ring (bicyclic) bond motifs is 1. The number of phosphoric ester groups is 2. The Morgan fingerprint density at radius 3 is 2.41 bits per heavy atom. The summed E-state index contributed by atoms with van der Waals surface area (Å²) >= 11 is 0. The molecule has 0 spiro atoms. The highest BCUT2D eigenvalue weighted by Gasteiger charge is 2.49. The van der Waals surface area contributed by atoms with Gasteiger partial charge in [0.1, 0.15) is 41.8 Å². The fraction of sp³-hybridized carbons (Fsp3) is 0.357. The molecule has 0 aliphatic carbocycles. The molecule has 2 fully saturated rings. The van der Waals surface area contributed by atoms with E-state index in [9.17, 15) is 44.1 Å². The van der Waals surface area contributed by atoms with E-state index in [1.165, 1.54) is 35.3 Å². The van der Waals surface area contributed by atoms with Crippen LogP contribution in [0.5, 0.6) is 0 Å². The second kappa shape index (κ2) is 14.0. The Morgan fingerprint density at radius 1 is 0.939 bits per heavy atom. The second-order valence-electron chi connectivity index (χ2n) is 11.2. The second-order valence-corrected chi connectivity index (χ2v) is 14.2. The average molecular weight is 724 g/mol. The minimum Gasteiger partial charge on any atom is -0.756 e. The molecule has 4 aromatic rings. The molecule has 2 aliphatic heterocycles. The third-order valence-electron chi connectivity index (χ3n) is 7.91. The Kier molecular flexibility index (Phi) is 10.1. The average Bonchev–Trinajstić information content (AvgIpc) is 3.75. The number of carbonyl (C=O) groups is 1. The van der Waals surface area contributed by atoms with Crippen molar-refractivity contribution in [3.63, 3.8) is 0 Å². The fourth-order valence-corrected chi connectivity index (χ4v) is 7.53. The summed E-state index contributed by atoms with van der Waals surface area (Å²) in [6.07, 6.45) is -7.86. The largest absolute Gasteiger partial charge is 0.756 e. The molecule has 2 aromatic heterocycles. The molecule has 7 N–H and O–H groups in total. The number of pyridine rings is 1. The lowest BCUT2D eigenvalue weighted by molar-refractivity contribution is -0.765. The van der Waals surface area contributed by atoms with E-state index in [0.29, 0.717) is 5.69 Å². The van der Waals surface area contributed by atoms with E-state index in [0.717, 1.165) is 21.0 Å². The Morgan fingerprint density at radius 2 is 1.63 bits per heavy atom. The van der Waals surface area contributed by atoms with Crippen LogP contribution in [0, 0.1) is 0 Å². The summed E-state index contributed by atoms with van der Waals surface area (Å²) in [5, 5.41) is 51.9. The van der Waals surface area contributed by atoms with Crippen molar-refractivity contribution in [3.8, 4) is 11.3 Å². The van der Waals surface area contributed by atoms with Crippen LogP contribution < -0.4 is 15.2 Å². The number of carbonyl (C=O) groups excluding carboxylic acids is 1. The van der Waals surface area contributed by atoms with Gasteiger partial charge < -0.3 is 49.9 Å². The molecule has 1 amide bonds. The molecule has 0 radical (unpaired) electrons. The molecule has 0 bridgehead atoms. The van der Waals surface area contributed by atoms with Crippen molar-refractivity contribution in [1.29, 1.82) is 0 Å². The molecule has 10 atom stereocenters. The lowest BCUT2D eigenvalue weighted by Gasteiger charge is -2.26. The minimum atomic E-state index is -5.62. The first-order valence-electron chi connectivity index (χ1n) is 14.6. The van der Waals surface area contributed by atoms with Gasteiger partial charge in [-0.1, -0.05) is 47.7 Å². The van der Waals surface area contributed by atoms with Crippen molar-refractivity contribution in [2.45, 2.75) is 49.1 Å². The molecule has 2 aliphatic rings. The lowest BCUT2D eigenvalue weighted by atomic mass is 10.0. The highest BCUT2D eigenvalue weighted by Crippen LogP contribution is 2.58. The van der Waals surface area contributed by atoms with Crippen LogP contribution in [0.1, 0.15) is 22.8 Å². The summed E-state index contributed by atoms with van der Waals surface area (Å²) in [5.74, 6) is -0.770. The lowest BCUT2D eigenvalue weighted by Crippen LogP contribution is -2.46. The SMILES string of the molecule is NC(=O)c1ccc[n+]([C@@H]2O[C@H](COP(=O)([O-])OP(=O)(O)OC[C@@H]3O[C@H](n4cc(-c5cccc6ccccc56)nn4)[C@@H](O)[C@H]3O)[C@@H](O)[C@H]2O)c1. The predicted octanol–water partition coefficient (Wildman–Crippen LogP) is -0.958. The third kappa shape index (κ3) is 7.64. The highest BCUT2D eigenvalue weighted by molar-refractivity contribution is 7.60. The summed E-state index contributed by atoms with van der Waals surface area (Å²) in [6, 6.07) is 16.0. The van der Waals surface area contributed by atoms with Crippen LogP contribution in [-0.2, 0) is 32.0 Å². The zero-order valence-corrected chi connectivity index (χ0v) is 26.9. The number of aliphatic hydroxyl groups excluding tert-OH is 4. The Bertz CT molecular complexity index is 1930. The van der Waals surface area contributed by atoms with Gasteiger partial charge in [0.25, 0.3) is 20.0 Å². The molecule has 2 saturated heterocycles. The maximum Gasteiger partial charge on any atom is 0.478 e. The Labute approximate surface area is 276 Å². The van der Waals surface area contributed by atoms with Crippen LogP contribution in [-0.4, -0.2) is 96.1 Å². The van der Waals surface area contributed by atoms with Crippen LogP contribution >= 0.6 is 15.6 Å². The Balaban J connectivity index is 1.03. The first kappa shape index (κ1) is 35.3. The maximum absolute atomic E-state index is 12.5. The smallest absolute Gasteiger partial charge is 0.478 e. The molecule has 4 heterocycles. The predicted molar refractivity (Wildman–Crippen MR) is 160 cm³/mol. The number of phosphoric acid groups is 2. The quantitative estimate of drug-likeness (QED) is 0.0758. The van der Waals surface area contributed by atoms with E-state index in [2.05, 4.69) is 19.1 Å². The number of nitrogens with two attached hydrogens (primary N) is 1. The van der Waals surface area contributed by atoms with E-state index >= 15 is 0 Å².